The Kier molecular flexibility index (Phi) is 7.22. The molecule has 1 nitrogen and oxygen atoms in total. The lowest BCUT2D eigenvalue weighted by atomic mass is 9.98. The van der Waals surface area contributed by atoms with Gasteiger partial charge in [0.05, 0.1) is 0 Å². The van der Waals surface area contributed by atoms with E-state index in [4.69, 9.17) is 16.3 Å². The summed E-state index contributed by atoms with van der Waals surface area (Å²) >= 11 is 5.92. The Hall–Kier alpha value is -0.600. The van der Waals surface area contributed by atoms with Crippen molar-refractivity contribution >= 4 is 11.6 Å². The highest BCUT2D eigenvalue weighted by Crippen LogP contribution is 2.21. The molecule has 0 radical (unpaired) electrons. The molecule has 0 fully saturated rings. The third-order valence-electron chi connectivity index (χ3n) is 2.76. The first-order valence-electron chi connectivity index (χ1n) is 6.17. The van der Waals surface area contributed by atoms with E-state index in [1.165, 1.54) is 6.07 Å². The van der Waals surface area contributed by atoms with Gasteiger partial charge in [0.25, 0.3) is 0 Å². The lowest BCUT2D eigenvalue weighted by Gasteiger charge is -2.14. The van der Waals surface area contributed by atoms with Crippen molar-refractivity contribution in [3.05, 3.63) is 35.6 Å². The molecule has 0 aliphatic heterocycles. The summed E-state index contributed by atoms with van der Waals surface area (Å²) in [6.07, 6.45) is 3.07. The zero-order valence-electron chi connectivity index (χ0n) is 10.3. The summed E-state index contributed by atoms with van der Waals surface area (Å²) in [5.74, 6) is 0.471. The van der Waals surface area contributed by atoms with E-state index in [1.807, 2.05) is 6.07 Å². The summed E-state index contributed by atoms with van der Waals surface area (Å²) in [5.41, 5.74) is 0.957. The molecule has 0 spiro atoms. The zero-order valence-corrected chi connectivity index (χ0v) is 11.0. The molecular formula is C14H20ClFO. The van der Waals surface area contributed by atoms with Gasteiger partial charge >= 0.3 is 0 Å². The van der Waals surface area contributed by atoms with Crippen molar-refractivity contribution in [1.82, 2.24) is 0 Å². The summed E-state index contributed by atoms with van der Waals surface area (Å²) in [6, 6.07) is 6.65. The minimum absolute atomic E-state index is 0.175. The maximum atomic E-state index is 13.1. The van der Waals surface area contributed by atoms with Crippen LogP contribution < -0.4 is 0 Å². The first kappa shape index (κ1) is 14.5. The number of hydrogen-bond donors (Lipinski definition) is 0. The smallest absolute Gasteiger partial charge is 0.123 e. The van der Waals surface area contributed by atoms with Crippen LogP contribution in [0.3, 0.4) is 0 Å². The van der Waals surface area contributed by atoms with Crippen molar-refractivity contribution in [3.8, 4) is 0 Å². The number of ether oxygens (including phenoxy) is 1. The van der Waals surface area contributed by atoms with Crippen LogP contribution in [0.4, 0.5) is 4.39 Å². The molecule has 3 heteroatoms. The number of alkyl halides is 1. The molecule has 0 saturated heterocycles. The van der Waals surface area contributed by atoms with Crippen LogP contribution in [0.2, 0.25) is 0 Å². The topological polar surface area (TPSA) is 9.23 Å². The Morgan fingerprint density at radius 2 is 2.18 bits per heavy atom. The van der Waals surface area contributed by atoms with E-state index >= 15 is 0 Å². The van der Waals surface area contributed by atoms with Crippen molar-refractivity contribution in [1.29, 1.82) is 0 Å². The van der Waals surface area contributed by atoms with E-state index in [2.05, 4.69) is 6.92 Å². The van der Waals surface area contributed by atoms with Crippen LogP contribution in [0.25, 0.3) is 0 Å². The van der Waals surface area contributed by atoms with Crippen molar-refractivity contribution in [2.24, 2.45) is 0 Å². The molecule has 1 rings (SSSR count). The summed E-state index contributed by atoms with van der Waals surface area (Å²) in [7, 11) is 0. The second-order valence-electron chi connectivity index (χ2n) is 4.16. The molecule has 1 unspecified atom stereocenters. The van der Waals surface area contributed by atoms with Crippen LogP contribution in [0, 0.1) is 5.82 Å². The zero-order chi connectivity index (χ0) is 12.5. The van der Waals surface area contributed by atoms with Gasteiger partial charge in [-0.1, -0.05) is 25.5 Å². The first-order chi connectivity index (χ1) is 8.27. The highest BCUT2D eigenvalue weighted by Gasteiger charge is 2.10. The fraction of sp³-hybridized carbons (Fsp3) is 0.571. The highest BCUT2D eigenvalue weighted by molar-refractivity contribution is 6.18. The summed E-state index contributed by atoms with van der Waals surface area (Å²) in [6.45, 7) is 3.63. The molecule has 1 atom stereocenters. The first-order valence-corrected chi connectivity index (χ1v) is 6.70. The number of hydrogen-bond acceptors (Lipinski definition) is 1. The molecule has 0 N–H and O–H groups in total. The summed E-state index contributed by atoms with van der Waals surface area (Å²) < 4.78 is 18.6. The molecule has 0 amide bonds. The van der Waals surface area contributed by atoms with Crippen LogP contribution in [0.1, 0.15) is 37.7 Å². The third-order valence-corrected chi connectivity index (χ3v) is 3.13. The molecular weight excluding hydrogens is 239 g/mol. The van der Waals surface area contributed by atoms with E-state index in [0.29, 0.717) is 12.5 Å². The van der Waals surface area contributed by atoms with Gasteiger partial charge in [-0.2, -0.15) is 0 Å². The number of benzene rings is 1. The van der Waals surface area contributed by atoms with Gasteiger partial charge in [-0.15, -0.1) is 11.6 Å². The molecule has 0 saturated carbocycles. The standard InChI is InChI=1S/C14H20ClFO/c1-2-3-8-17-9-7-13(11-15)12-5-4-6-14(16)10-12/h4-6,10,13H,2-3,7-9,11H2,1H3. The Balaban J connectivity index is 2.38. The lowest BCUT2D eigenvalue weighted by molar-refractivity contribution is 0.125. The average molecular weight is 259 g/mol. The van der Waals surface area contributed by atoms with Crippen molar-refractivity contribution in [3.63, 3.8) is 0 Å². The van der Waals surface area contributed by atoms with Gasteiger partial charge in [0.2, 0.25) is 0 Å². The highest BCUT2D eigenvalue weighted by atomic mass is 35.5. The Labute approximate surface area is 108 Å². The maximum absolute atomic E-state index is 13.1. The van der Waals surface area contributed by atoms with Gasteiger partial charge in [0, 0.05) is 19.1 Å². The Bertz CT molecular complexity index is 317. The van der Waals surface area contributed by atoms with Crippen molar-refractivity contribution < 1.29 is 9.13 Å². The summed E-state index contributed by atoms with van der Waals surface area (Å²) in [4.78, 5) is 0. The minimum Gasteiger partial charge on any atom is -0.381 e. The molecule has 96 valence electrons. The number of halogens is 2. The van der Waals surface area contributed by atoms with Gasteiger partial charge in [-0.25, -0.2) is 4.39 Å². The van der Waals surface area contributed by atoms with Crippen molar-refractivity contribution in [2.75, 3.05) is 19.1 Å². The fourth-order valence-electron chi connectivity index (χ4n) is 1.67. The lowest BCUT2D eigenvalue weighted by Crippen LogP contribution is -2.06. The second kappa shape index (κ2) is 8.48. The number of rotatable bonds is 8. The molecule has 1 aromatic carbocycles. The van der Waals surface area contributed by atoms with Crippen LogP contribution in [-0.2, 0) is 4.74 Å². The molecule has 0 bridgehead atoms. The largest absolute Gasteiger partial charge is 0.381 e. The maximum Gasteiger partial charge on any atom is 0.123 e. The molecule has 0 aliphatic rings. The van der Waals surface area contributed by atoms with Gasteiger partial charge < -0.3 is 4.74 Å². The Morgan fingerprint density at radius 1 is 1.35 bits per heavy atom. The molecule has 0 aromatic heterocycles. The van der Waals surface area contributed by atoms with Gasteiger partial charge in [0.1, 0.15) is 5.82 Å². The van der Waals surface area contributed by atoms with E-state index in [-0.39, 0.29) is 11.7 Å². The predicted octanol–water partition coefficient (Wildman–Crippen LogP) is 4.35. The van der Waals surface area contributed by atoms with E-state index in [0.717, 1.165) is 31.4 Å². The molecule has 0 heterocycles. The normalized spacial score (nSPS) is 12.6. The molecule has 0 aliphatic carbocycles. The summed E-state index contributed by atoms with van der Waals surface area (Å²) in [5, 5.41) is 0. The number of unbranched alkanes of at least 4 members (excludes halogenated alkanes) is 1. The van der Waals surface area contributed by atoms with Gasteiger partial charge in [-0.3, -0.25) is 0 Å². The van der Waals surface area contributed by atoms with Crippen molar-refractivity contribution in [2.45, 2.75) is 32.1 Å². The predicted molar refractivity (Wildman–Crippen MR) is 70.2 cm³/mol. The average Bonchev–Trinajstić information content (AvgIpc) is 2.34. The third kappa shape index (κ3) is 5.51. The SMILES string of the molecule is CCCCOCCC(CCl)c1cccc(F)c1. The van der Waals surface area contributed by atoms with Gasteiger partial charge in [0.15, 0.2) is 0 Å². The quantitative estimate of drug-likeness (QED) is 0.497. The Morgan fingerprint density at radius 3 is 2.82 bits per heavy atom. The van der Waals surface area contributed by atoms with E-state index in [9.17, 15) is 4.39 Å². The van der Waals surface area contributed by atoms with E-state index in [1.54, 1.807) is 12.1 Å². The fourth-order valence-corrected chi connectivity index (χ4v) is 2.00. The minimum atomic E-state index is -0.204. The van der Waals surface area contributed by atoms with Crippen LogP contribution in [0.15, 0.2) is 24.3 Å². The van der Waals surface area contributed by atoms with Crippen LogP contribution >= 0.6 is 11.6 Å². The van der Waals surface area contributed by atoms with Crippen LogP contribution in [0.5, 0.6) is 0 Å². The molecule has 17 heavy (non-hydrogen) atoms. The second-order valence-corrected chi connectivity index (χ2v) is 4.47. The van der Waals surface area contributed by atoms with Crippen LogP contribution in [-0.4, -0.2) is 19.1 Å². The molecule has 1 aromatic rings. The monoisotopic (exact) mass is 258 g/mol. The van der Waals surface area contributed by atoms with E-state index < -0.39 is 0 Å². The van der Waals surface area contributed by atoms with Gasteiger partial charge in [-0.05, 0) is 36.5 Å².